The number of carbonyl (C=O) groups excluding carboxylic acids is 1. The molecule has 5 atom stereocenters. The lowest BCUT2D eigenvalue weighted by Gasteiger charge is -2.30. The first kappa shape index (κ1) is 17.7. The molecule has 4 rings (SSSR count). The lowest BCUT2D eigenvalue weighted by molar-refractivity contribution is -0.121. The highest BCUT2D eigenvalue weighted by atomic mass is 35.5. The van der Waals surface area contributed by atoms with Crippen molar-refractivity contribution < 1.29 is 14.6 Å². The van der Waals surface area contributed by atoms with Crippen LogP contribution in [0.15, 0.2) is 30.6 Å². The lowest BCUT2D eigenvalue weighted by atomic mass is 9.74. The van der Waals surface area contributed by atoms with Crippen LogP contribution in [0.1, 0.15) is 23.6 Å². The molecule has 2 fully saturated rings. The molecule has 8 heteroatoms. The van der Waals surface area contributed by atoms with Crippen LogP contribution in [0.25, 0.3) is 0 Å². The molecule has 5 unspecified atom stereocenters. The number of pyridine rings is 2. The molecule has 2 aromatic rings. The fourth-order valence-corrected chi connectivity index (χ4v) is 4.20. The second kappa shape index (κ2) is 6.78. The van der Waals surface area contributed by atoms with Gasteiger partial charge in [-0.2, -0.15) is 0 Å². The van der Waals surface area contributed by atoms with E-state index in [0.29, 0.717) is 12.1 Å². The minimum atomic E-state index is -0.575. The van der Waals surface area contributed by atoms with Gasteiger partial charge in [0.05, 0.1) is 41.1 Å². The summed E-state index contributed by atoms with van der Waals surface area (Å²) in [4.78, 5) is 21.1. The predicted octanol–water partition coefficient (Wildman–Crippen LogP) is 2.96. The number of ether oxygens (including phenoxy) is 1. The Morgan fingerprint density at radius 2 is 2.15 bits per heavy atom. The van der Waals surface area contributed by atoms with Crippen LogP contribution in [-0.2, 0) is 9.53 Å². The number of fused-ring (bicyclic) bond motifs is 2. The van der Waals surface area contributed by atoms with Crippen molar-refractivity contribution in [2.24, 2.45) is 5.92 Å². The van der Waals surface area contributed by atoms with Crippen molar-refractivity contribution in [3.05, 3.63) is 52.0 Å². The van der Waals surface area contributed by atoms with Crippen LogP contribution in [0.4, 0.5) is 5.69 Å². The second-order valence-corrected chi connectivity index (χ2v) is 7.48. The van der Waals surface area contributed by atoms with Crippen molar-refractivity contribution in [2.45, 2.75) is 37.6 Å². The summed E-state index contributed by atoms with van der Waals surface area (Å²) >= 11 is 11.8. The maximum absolute atomic E-state index is 13.0. The fraction of sp³-hybridized carbons (Fsp3) is 0.389. The van der Waals surface area contributed by atoms with Crippen LogP contribution in [0.3, 0.4) is 0 Å². The predicted molar refractivity (Wildman–Crippen MR) is 97.4 cm³/mol. The van der Waals surface area contributed by atoms with E-state index in [1.807, 2.05) is 19.1 Å². The van der Waals surface area contributed by atoms with Crippen molar-refractivity contribution >= 4 is 34.8 Å². The van der Waals surface area contributed by atoms with E-state index in [0.717, 1.165) is 11.3 Å². The number of nitrogens with one attached hydrogen (secondary N) is 1. The van der Waals surface area contributed by atoms with Crippen LogP contribution in [0.5, 0.6) is 0 Å². The van der Waals surface area contributed by atoms with Crippen molar-refractivity contribution in [1.29, 1.82) is 0 Å². The van der Waals surface area contributed by atoms with Gasteiger partial charge in [0, 0.05) is 24.2 Å². The third-order valence-corrected chi connectivity index (χ3v) is 5.68. The highest BCUT2D eigenvalue weighted by Gasteiger charge is 2.56. The van der Waals surface area contributed by atoms with Crippen LogP contribution < -0.4 is 5.32 Å². The Balaban J connectivity index is 1.62. The van der Waals surface area contributed by atoms with Gasteiger partial charge in [0.1, 0.15) is 5.15 Å². The molecule has 0 radical (unpaired) electrons. The Kier molecular flexibility index (Phi) is 4.61. The zero-order chi connectivity index (χ0) is 18.4. The molecular weight excluding hydrogens is 377 g/mol. The number of halogens is 2. The van der Waals surface area contributed by atoms with Gasteiger partial charge in [0.25, 0.3) is 0 Å². The number of anilines is 1. The van der Waals surface area contributed by atoms with Crippen LogP contribution in [0.2, 0.25) is 10.2 Å². The molecule has 0 saturated carbocycles. The van der Waals surface area contributed by atoms with Gasteiger partial charge in [-0.05, 0) is 30.7 Å². The van der Waals surface area contributed by atoms with Gasteiger partial charge < -0.3 is 15.2 Å². The summed E-state index contributed by atoms with van der Waals surface area (Å²) < 4.78 is 5.91. The van der Waals surface area contributed by atoms with Gasteiger partial charge in [-0.15, -0.1) is 0 Å². The molecule has 6 nitrogen and oxygen atoms in total. The Labute approximate surface area is 160 Å². The van der Waals surface area contributed by atoms with Crippen molar-refractivity contribution in [1.82, 2.24) is 9.97 Å². The molecule has 1 amide bonds. The third-order valence-electron chi connectivity index (χ3n) is 5.00. The van der Waals surface area contributed by atoms with Gasteiger partial charge in [-0.1, -0.05) is 23.2 Å². The summed E-state index contributed by atoms with van der Waals surface area (Å²) in [5.41, 5.74) is 2.26. The molecule has 0 aromatic carbocycles. The average molecular weight is 394 g/mol. The largest absolute Gasteiger partial charge is 0.390 e. The van der Waals surface area contributed by atoms with Gasteiger partial charge in [-0.25, -0.2) is 4.98 Å². The van der Waals surface area contributed by atoms with E-state index < -0.39 is 18.1 Å². The zero-order valence-corrected chi connectivity index (χ0v) is 15.4. The van der Waals surface area contributed by atoms with Crippen molar-refractivity contribution in [2.75, 3.05) is 5.32 Å². The summed E-state index contributed by atoms with van der Waals surface area (Å²) in [5.74, 6) is -0.843. The number of nitrogens with zero attached hydrogens (tertiary/aromatic N) is 2. The number of carbonyl (C=O) groups is 1. The highest BCUT2D eigenvalue weighted by molar-refractivity contribution is 6.41. The minimum absolute atomic E-state index is 0.182. The Bertz CT molecular complexity index is 863. The van der Waals surface area contributed by atoms with Gasteiger partial charge in [0.15, 0.2) is 0 Å². The molecule has 2 saturated heterocycles. The molecule has 26 heavy (non-hydrogen) atoms. The number of aliphatic hydroxyl groups excluding tert-OH is 1. The molecular formula is C18H17Cl2N3O3. The monoisotopic (exact) mass is 393 g/mol. The summed E-state index contributed by atoms with van der Waals surface area (Å²) in [7, 11) is 0. The van der Waals surface area contributed by atoms with Gasteiger partial charge >= 0.3 is 0 Å². The fourth-order valence-electron chi connectivity index (χ4n) is 3.93. The molecule has 136 valence electrons. The number of hydrogen-bond donors (Lipinski definition) is 2. The summed E-state index contributed by atoms with van der Waals surface area (Å²) in [6.07, 6.45) is 2.31. The summed E-state index contributed by atoms with van der Waals surface area (Å²) in [6, 6.07) is 5.36. The summed E-state index contributed by atoms with van der Waals surface area (Å²) in [6.45, 7) is 1.89. The number of aryl methyl sites for hydroxylation is 1. The Hall–Kier alpha value is -1.73. The molecule has 0 spiro atoms. The second-order valence-electron chi connectivity index (χ2n) is 6.71. The van der Waals surface area contributed by atoms with Crippen LogP contribution in [-0.4, -0.2) is 39.3 Å². The van der Waals surface area contributed by atoms with E-state index in [2.05, 4.69) is 15.3 Å². The Morgan fingerprint density at radius 1 is 1.35 bits per heavy atom. The number of rotatable bonds is 3. The maximum atomic E-state index is 13.0. The van der Waals surface area contributed by atoms with Crippen LogP contribution in [0, 0.1) is 12.8 Å². The lowest BCUT2D eigenvalue weighted by Crippen LogP contribution is -2.41. The average Bonchev–Trinajstić information content (AvgIpc) is 3.15. The molecule has 4 heterocycles. The van der Waals surface area contributed by atoms with E-state index in [4.69, 9.17) is 27.9 Å². The number of aliphatic hydroxyl groups is 1. The minimum Gasteiger partial charge on any atom is -0.390 e. The first-order valence-electron chi connectivity index (χ1n) is 8.32. The molecule has 2 bridgehead atoms. The van der Waals surface area contributed by atoms with Crippen molar-refractivity contribution in [3.8, 4) is 0 Å². The number of amides is 1. The van der Waals surface area contributed by atoms with E-state index in [9.17, 15) is 9.90 Å². The third kappa shape index (κ3) is 3.07. The van der Waals surface area contributed by atoms with Gasteiger partial charge in [0.2, 0.25) is 5.91 Å². The van der Waals surface area contributed by atoms with E-state index in [1.54, 1.807) is 12.3 Å². The van der Waals surface area contributed by atoms with Crippen LogP contribution >= 0.6 is 23.2 Å². The first-order valence-corrected chi connectivity index (χ1v) is 9.07. The summed E-state index contributed by atoms with van der Waals surface area (Å²) in [5, 5.41) is 13.6. The normalized spacial score (nSPS) is 29.8. The zero-order valence-electron chi connectivity index (χ0n) is 13.9. The highest BCUT2D eigenvalue weighted by Crippen LogP contribution is 2.49. The topological polar surface area (TPSA) is 84.3 Å². The van der Waals surface area contributed by atoms with Gasteiger partial charge in [-0.3, -0.25) is 9.78 Å². The first-order chi connectivity index (χ1) is 12.4. The van der Waals surface area contributed by atoms with E-state index >= 15 is 0 Å². The molecule has 0 aliphatic carbocycles. The number of hydrogen-bond acceptors (Lipinski definition) is 5. The molecule has 2 aliphatic heterocycles. The quantitative estimate of drug-likeness (QED) is 0.782. The SMILES string of the molecule is Cc1cc(C2C3OC(CC3O)C2C(=O)Nc2cnc(Cl)c(Cl)c2)ccn1. The molecule has 2 N–H and O–H groups in total. The Morgan fingerprint density at radius 3 is 2.88 bits per heavy atom. The van der Waals surface area contributed by atoms with E-state index in [1.165, 1.54) is 6.20 Å². The standard InChI is InChI=1S/C18H17Cl2N3O3/c1-8-4-9(2-3-21-8)14-15(13-6-12(24)16(14)26-13)18(25)23-10-5-11(19)17(20)22-7-10/h2-5,7,12-16,24H,6H2,1H3,(H,23,25). The molecule has 2 aliphatic rings. The smallest absolute Gasteiger partial charge is 0.230 e. The maximum Gasteiger partial charge on any atom is 0.230 e. The van der Waals surface area contributed by atoms with Crippen molar-refractivity contribution in [3.63, 3.8) is 0 Å². The number of aromatic nitrogens is 2. The van der Waals surface area contributed by atoms with E-state index in [-0.39, 0.29) is 28.1 Å². The molecule has 2 aromatic heterocycles.